The van der Waals surface area contributed by atoms with Crippen molar-refractivity contribution in [2.24, 2.45) is 5.92 Å². The Balaban J connectivity index is 2.50. The van der Waals surface area contributed by atoms with Gasteiger partial charge in [0.2, 0.25) is 0 Å². The smallest absolute Gasteiger partial charge is 0.317 e. The first-order valence-corrected chi connectivity index (χ1v) is 5.85. The minimum absolute atomic E-state index is 0.0537. The molecule has 3 unspecified atom stereocenters. The fourth-order valence-corrected chi connectivity index (χ4v) is 2.15. The monoisotopic (exact) mass is 244 g/mol. The van der Waals surface area contributed by atoms with Gasteiger partial charge in [-0.3, -0.25) is 4.79 Å². The van der Waals surface area contributed by atoms with Crippen molar-refractivity contribution in [2.75, 3.05) is 13.2 Å². The number of hydrogen-bond donors (Lipinski definition) is 3. The molecule has 1 rings (SSSR count). The maximum atomic E-state index is 11.9. The predicted molar refractivity (Wildman–Crippen MR) is 61.6 cm³/mol. The molecule has 6 heteroatoms. The molecule has 17 heavy (non-hydrogen) atoms. The van der Waals surface area contributed by atoms with E-state index in [4.69, 9.17) is 5.11 Å². The van der Waals surface area contributed by atoms with Crippen LogP contribution in [0.1, 0.15) is 26.7 Å². The molecule has 0 aromatic carbocycles. The van der Waals surface area contributed by atoms with Gasteiger partial charge in [0.1, 0.15) is 0 Å². The number of aliphatic hydroxyl groups is 1. The van der Waals surface area contributed by atoms with Crippen molar-refractivity contribution in [1.82, 2.24) is 10.2 Å². The topological polar surface area (TPSA) is 89.9 Å². The van der Waals surface area contributed by atoms with Crippen molar-refractivity contribution in [1.29, 1.82) is 0 Å². The highest BCUT2D eigenvalue weighted by Crippen LogP contribution is 2.23. The minimum atomic E-state index is -0.939. The van der Waals surface area contributed by atoms with Gasteiger partial charge in [-0.1, -0.05) is 6.92 Å². The van der Waals surface area contributed by atoms with E-state index < -0.39 is 12.0 Å². The van der Waals surface area contributed by atoms with Crippen LogP contribution in [-0.4, -0.2) is 52.3 Å². The number of nitrogens with zero attached hydrogens (tertiary/aromatic N) is 1. The largest absolute Gasteiger partial charge is 0.481 e. The number of hydrogen-bond acceptors (Lipinski definition) is 3. The van der Waals surface area contributed by atoms with Crippen LogP contribution in [0.2, 0.25) is 0 Å². The van der Waals surface area contributed by atoms with Crippen molar-refractivity contribution < 1.29 is 19.8 Å². The van der Waals surface area contributed by atoms with E-state index in [0.717, 1.165) is 6.42 Å². The number of urea groups is 1. The number of carboxylic acids is 1. The lowest BCUT2D eigenvalue weighted by molar-refractivity contribution is -0.137. The van der Waals surface area contributed by atoms with Gasteiger partial charge in [0.25, 0.3) is 0 Å². The summed E-state index contributed by atoms with van der Waals surface area (Å²) in [7, 11) is 0. The van der Waals surface area contributed by atoms with E-state index in [1.807, 2.05) is 6.92 Å². The summed E-state index contributed by atoms with van der Waals surface area (Å²) in [6.07, 6.45) is 0.769. The van der Waals surface area contributed by atoms with Crippen LogP contribution in [0.15, 0.2) is 0 Å². The quantitative estimate of drug-likeness (QED) is 0.661. The van der Waals surface area contributed by atoms with Crippen LogP contribution < -0.4 is 5.32 Å². The van der Waals surface area contributed by atoms with Crippen molar-refractivity contribution in [2.45, 2.75) is 38.8 Å². The Morgan fingerprint density at radius 3 is 2.71 bits per heavy atom. The Labute approximate surface area is 101 Å². The predicted octanol–water partition coefficient (Wildman–Crippen LogP) is 0.262. The molecule has 0 saturated carbocycles. The number of nitrogens with one attached hydrogen (secondary N) is 1. The molecule has 2 amide bonds. The van der Waals surface area contributed by atoms with Crippen molar-refractivity contribution >= 4 is 12.0 Å². The van der Waals surface area contributed by atoms with E-state index in [0.29, 0.717) is 6.54 Å². The van der Waals surface area contributed by atoms with Gasteiger partial charge in [-0.25, -0.2) is 4.79 Å². The third-order valence-corrected chi connectivity index (χ3v) is 3.18. The summed E-state index contributed by atoms with van der Waals surface area (Å²) in [6.45, 7) is 4.20. The third-order valence-electron chi connectivity index (χ3n) is 3.18. The van der Waals surface area contributed by atoms with Crippen LogP contribution in [0.4, 0.5) is 4.79 Å². The lowest BCUT2D eigenvalue weighted by Gasteiger charge is -2.26. The molecule has 1 heterocycles. The Morgan fingerprint density at radius 1 is 1.53 bits per heavy atom. The number of aliphatic carboxylic acids is 1. The second-order valence-electron chi connectivity index (χ2n) is 4.66. The van der Waals surface area contributed by atoms with Crippen LogP contribution in [0.25, 0.3) is 0 Å². The van der Waals surface area contributed by atoms with E-state index in [1.54, 1.807) is 11.8 Å². The summed E-state index contributed by atoms with van der Waals surface area (Å²) in [5, 5.41) is 20.5. The van der Waals surface area contributed by atoms with Gasteiger partial charge in [0.15, 0.2) is 0 Å². The van der Waals surface area contributed by atoms with Crippen LogP contribution >= 0.6 is 0 Å². The van der Waals surface area contributed by atoms with Gasteiger partial charge in [0.05, 0.1) is 19.1 Å². The molecule has 1 fully saturated rings. The number of likely N-dealkylation sites (tertiary alicyclic amines) is 1. The molecule has 1 saturated heterocycles. The molecule has 1 aliphatic heterocycles. The average molecular weight is 244 g/mol. The Bertz CT molecular complexity index is 295. The second-order valence-corrected chi connectivity index (χ2v) is 4.66. The summed E-state index contributed by atoms with van der Waals surface area (Å²) in [6, 6.07) is -0.857. The Morgan fingerprint density at radius 2 is 2.18 bits per heavy atom. The first-order chi connectivity index (χ1) is 7.95. The number of amides is 2. The molecule has 98 valence electrons. The van der Waals surface area contributed by atoms with Gasteiger partial charge < -0.3 is 20.4 Å². The number of rotatable bonds is 4. The number of carboxylic acid groups (broad SMARTS) is 1. The van der Waals surface area contributed by atoms with Gasteiger partial charge in [0, 0.05) is 12.6 Å². The van der Waals surface area contributed by atoms with Gasteiger partial charge >= 0.3 is 12.0 Å². The summed E-state index contributed by atoms with van der Waals surface area (Å²) in [5.74, 6) is -0.660. The lowest BCUT2D eigenvalue weighted by Crippen LogP contribution is -2.48. The maximum Gasteiger partial charge on any atom is 0.317 e. The molecule has 0 aromatic heterocycles. The molecule has 0 bridgehead atoms. The van der Waals surface area contributed by atoms with E-state index in [-0.39, 0.29) is 31.0 Å². The first kappa shape index (κ1) is 13.8. The molecular weight excluding hydrogens is 224 g/mol. The summed E-state index contributed by atoms with van der Waals surface area (Å²) < 4.78 is 0. The highest BCUT2D eigenvalue weighted by Gasteiger charge is 2.34. The highest BCUT2D eigenvalue weighted by atomic mass is 16.4. The molecule has 0 aromatic rings. The maximum absolute atomic E-state index is 11.9. The van der Waals surface area contributed by atoms with Crippen LogP contribution in [0.3, 0.4) is 0 Å². The standard InChI is InChI=1S/C11H20N2O4/c1-7-3-4-13(9(7)6-14)11(17)12-8(2)5-10(15)16/h7-9,14H,3-6H2,1-2H3,(H,12,17)(H,15,16). The third kappa shape index (κ3) is 3.59. The van der Waals surface area contributed by atoms with E-state index >= 15 is 0 Å². The zero-order chi connectivity index (χ0) is 13.0. The second kappa shape index (κ2) is 5.86. The molecule has 6 nitrogen and oxygen atoms in total. The molecule has 1 aliphatic rings. The summed E-state index contributed by atoms with van der Waals surface area (Å²) in [5.41, 5.74) is 0. The highest BCUT2D eigenvalue weighted by molar-refractivity contribution is 5.76. The van der Waals surface area contributed by atoms with Crippen LogP contribution in [-0.2, 0) is 4.79 Å². The molecular formula is C11H20N2O4. The van der Waals surface area contributed by atoms with Crippen molar-refractivity contribution in [3.63, 3.8) is 0 Å². The average Bonchev–Trinajstić information content (AvgIpc) is 2.57. The van der Waals surface area contributed by atoms with Gasteiger partial charge in [-0.05, 0) is 19.3 Å². The van der Waals surface area contributed by atoms with Crippen LogP contribution in [0.5, 0.6) is 0 Å². The zero-order valence-electron chi connectivity index (χ0n) is 10.2. The minimum Gasteiger partial charge on any atom is -0.481 e. The summed E-state index contributed by atoms with van der Waals surface area (Å²) in [4.78, 5) is 23.9. The molecule has 0 spiro atoms. The van der Waals surface area contributed by atoms with Gasteiger partial charge in [-0.2, -0.15) is 0 Å². The number of carbonyl (C=O) groups is 2. The van der Waals surface area contributed by atoms with E-state index in [9.17, 15) is 14.7 Å². The Hall–Kier alpha value is -1.30. The summed E-state index contributed by atoms with van der Waals surface area (Å²) >= 11 is 0. The Kier molecular flexibility index (Phi) is 4.74. The van der Waals surface area contributed by atoms with E-state index in [1.165, 1.54) is 0 Å². The first-order valence-electron chi connectivity index (χ1n) is 5.85. The molecule has 0 aliphatic carbocycles. The fourth-order valence-electron chi connectivity index (χ4n) is 2.15. The van der Waals surface area contributed by atoms with Gasteiger partial charge in [-0.15, -0.1) is 0 Å². The fraction of sp³-hybridized carbons (Fsp3) is 0.818. The van der Waals surface area contributed by atoms with E-state index in [2.05, 4.69) is 5.32 Å². The van der Waals surface area contributed by atoms with Crippen molar-refractivity contribution in [3.05, 3.63) is 0 Å². The molecule has 0 radical (unpaired) electrons. The van der Waals surface area contributed by atoms with Crippen molar-refractivity contribution in [3.8, 4) is 0 Å². The number of aliphatic hydroxyl groups excluding tert-OH is 1. The molecule has 3 atom stereocenters. The zero-order valence-corrected chi connectivity index (χ0v) is 10.2. The lowest BCUT2D eigenvalue weighted by atomic mass is 10.0. The normalized spacial score (nSPS) is 25.7. The van der Waals surface area contributed by atoms with Crippen LogP contribution in [0, 0.1) is 5.92 Å². The SMILES string of the molecule is CC(CC(=O)O)NC(=O)N1CCC(C)C1CO. The number of carbonyl (C=O) groups excluding carboxylic acids is 1. The molecule has 3 N–H and O–H groups in total.